The van der Waals surface area contributed by atoms with Crippen molar-refractivity contribution < 1.29 is 33.3 Å². The molecule has 50 heavy (non-hydrogen) atoms. The summed E-state index contributed by atoms with van der Waals surface area (Å²) < 4.78 is 28.5. The van der Waals surface area contributed by atoms with Crippen molar-refractivity contribution in [3.05, 3.63) is 132 Å². The fourth-order valence-electron chi connectivity index (χ4n) is 6.23. The molecular weight excluding hydrogens is 628 g/mol. The summed E-state index contributed by atoms with van der Waals surface area (Å²) in [5.74, 6) is 1.98. The molecule has 0 bridgehead atoms. The van der Waals surface area contributed by atoms with E-state index in [4.69, 9.17) is 23.7 Å². The monoisotopic (exact) mass is 664 g/mol. The highest BCUT2D eigenvalue weighted by atomic mass is 16.7. The standard InChI is InChI=1S/C43H36O7/c1-42(2,3)49-40(44)46-31-18-20-33-29(24-31)16-22-35-38(33)37(28-14-12-27(13-15-28)26-10-8-7-9-11-26)39-34-21-19-32(47-41(45)50-43(4,5)6)25-30(34)17-23-36(39)48-35/h7-8,10,12-25,37H,1-6H3. The molecule has 0 atom stereocenters. The molecule has 1 aliphatic rings. The maximum Gasteiger partial charge on any atom is 0.514 e. The zero-order chi connectivity index (χ0) is 35.2. The fraction of sp³-hybridized carbons (Fsp3) is 0.209. The van der Waals surface area contributed by atoms with Crippen molar-refractivity contribution in [2.24, 2.45) is 0 Å². The summed E-state index contributed by atoms with van der Waals surface area (Å²) in [5, 5.41) is 3.65. The second-order valence-electron chi connectivity index (χ2n) is 14.2. The predicted molar refractivity (Wildman–Crippen MR) is 192 cm³/mol. The van der Waals surface area contributed by atoms with Gasteiger partial charge in [0.1, 0.15) is 34.2 Å². The van der Waals surface area contributed by atoms with Crippen LogP contribution in [0.3, 0.4) is 0 Å². The Morgan fingerprint density at radius 3 is 1.62 bits per heavy atom. The molecule has 0 saturated heterocycles. The van der Waals surface area contributed by atoms with E-state index in [-0.39, 0.29) is 5.92 Å². The van der Waals surface area contributed by atoms with E-state index in [1.54, 1.807) is 53.7 Å². The third kappa shape index (κ3) is 6.79. The number of carbonyl (C=O) groups excluding carboxylic acids is 2. The first-order valence-corrected chi connectivity index (χ1v) is 16.4. The molecule has 6 aromatic carbocycles. The van der Waals surface area contributed by atoms with Gasteiger partial charge < -0.3 is 23.7 Å². The van der Waals surface area contributed by atoms with Crippen LogP contribution in [0.4, 0.5) is 9.59 Å². The second kappa shape index (κ2) is 12.5. The molecule has 7 rings (SSSR count). The number of hydrogen-bond donors (Lipinski definition) is 0. The lowest BCUT2D eigenvalue weighted by Crippen LogP contribution is -2.25. The Morgan fingerprint density at radius 1 is 0.640 bits per heavy atom. The minimum atomic E-state index is -0.764. The van der Waals surface area contributed by atoms with Crippen LogP contribution in [0.5, 0.6) is 23.0 Å². The van der Waals surface area contributed by atoms with Gasteiger partial charge >= 0.3 is 12.3 Å². The Hall–Kier alpha value is -6.00. The second-order valence-corrected chi connectivity index (χ2v) is 14.2. The first-order valence-electron chi connectivity index (χ1n) is 16.4. The molecule has 6 aromatic rings. The molecular formula is C43H36O7. The molecule has 0 amide bonds. The molecule has 0 unspecified atom stereocenters. The van der Waals surface area contributed by atoms with Gasteiger partial charge in [-0.1, -0.05) is 66.7 Å². The maximum atomic E-state index is 12.5. The van der Waals surface area contributed by atoms with Gasteiger partial charge in [-0.05, 0) is 123 Å². The van der Waals surface area contributed by atoms with Crippen LogP contribution >= 0.6 is 0 Å². The summed E-state index contributed by atoms with van der Waals surface area (Å²) in [4.78, 5) is 24.9. The van der Waals surface area contributed by atoms with Crippen LogP contribution in [0.15, 0.2) is 103 Å². The molecule has 0 N–H and O–H groups in total. The summed E-state index contributed by atoms with van der Waals surface area (Å²) in [6.45, 7) is 10.8. The predicted octanol–water partition coefficient (Wildman–Crippen LogP) is 11.2. The van der Waals surface area contributed by atoms with Crippen molar-refractivity contribution in [1.82, 2.24) is 0 Å². The molecule has 250 valence electrons. The van der Waals surface area contributed by atoms with Crippen LogP contribution in [0.1, 0.15) is 64.2 Å². The molecule has 0 fully saturated rings. The van der Waals surface area contributed by atoms with Crippen LogP contribution < -0.4 is 14.2 Å². The van der Waals surface area contributed by atoms with Crippen molar-refractivity contribution in [3.8, 4) is 34.1 Å². The Balaban J connectivity index is 1.35. The summed E-state index contributed by atoms with van der Waals surface area (Å²) in [6.07, 6.45) is -1.53. The van der Waals surface area contributed by atoms with Crippen LogP contribution in [0.2, 0.25) is 0 Å². The average molecular weight is 665 g/mol. The highest BCUT2D eigenvalue weighted by Gasteiger charge is 2.33. The summed E-state index contributed by atoms with van der Waals surface area (Å²) in [6, 6.07) is 39.4. The van der Waals surface area contributed by atoms with E-state index in [0.29, 0.717) is 11.5 Å². The first kappa shape index (κ1) is 32.5. The summed E-state index contributed by atoms with van der Waals surface area (Å²) in [7, 11) is 0. The van der Waals surface area contributed by atoms with Crippen LogP contribution in [-0.4, -0.2) is 23.5 Å². The van der Waals surface area contributed by atoms with E-state index >= 15 is 0 Å². The van der Waals surface area contributed by atoms with Gasteiger partial charge in [0, 0.05) is 22.6 Å². The fourth-order valence-corrected chi connectivity index (χ4v) is 6.23. The topological polar surface area (TPSA) is 80.3 Å². The van der Waals surface area contributed by atoms with E-state index in [2.05, 4.69) is 36.4 Å². The summed E-state index contributed by atoms with van der Waals surface area (Å²) in [5.41, 5.74) is 3.65. The number of carbonyl (C=O) groups is 2. The Kier molecular flexibility index (Phi) is 8.11. The first-order chi connectivity index (χ1) is 23.8. The van der Waals surface area contributed by atoms with Gasteiger partial charge in [0.15, 0.2) is 0 Å². The van der Waals surface area contributed by atoms with Gasteiger partial charge in [0.05, 0.1) is 0 Å². The van der Waals surface area contributed by atoms with Gasteiger partial charge in [-0.2, -0.15) is 0 Å². The van der Waals surface area contributed by atoms with E-state index in [1.165, 1.54) is 0 Å². The largest absolute Gasteiger partial charge is 0.514 e. The number of fused-ring (bicyclic) bond motifs is 6. The van der Waals surface area contributed by atoms with Crippen molar-refractivity contribution in [2.75, 3.05) is 0 Å². The molecule has 0 spiro atoms. The number of hydrogen-bond acceptors (Lipinski definition) is 7. The minimum Gasteiger partial charge on any atom is -0.457 e. The van der Waals surface area contributed by atoms with Crippen LogP contribution in [0.25, 0.3) is 32.7 Å². The highest BCUT2D eigenvalue weighted by Crippen LogP contribution is 2.52. The zero-order valence-corrected chi connectivity index (χ0v) is 28.8. The van der Waals surface area contributed by atoms with Crippen molar-refractivity contribution >= 4 is 33.9 Å². The van der Waals surface area contributed by atoms with Gasteiger partial charge in [0.25, 0.3) is 0 Å². The van der Waals surface area contributed by atoms with E-state index < -0.39 is 23.5 Å². The smallest absolute Gasteiger partial charge is 0.457 e. The molecule has 0 saturated carbocycles. The van der Waals surface area contributed by atoms with Gasteiger partial charge in [0.2, 0.25) is 0 Å². The quantitative estimate of drug-likeness (QED) is 0.137. The molecule has 1 heterocycles. The third-order valence-corrected chi connectivity index (χ3v) is 8.17. The Labute approximate surface area is 291 Å². The Bertz CT molecular complexity index is 2120. The van der Waals surface area contributed by atoms with E-state index in [9.17, 15) is 9.59 Å². The molecule has 7 nitrogen and oxygen atoms in total. The molecule has 7 heteroatoms. The lowest BCUT2D eigenvalue weighted by molar-refractivity contribution is 0.0193. The van der Waals surface area contributed by atoms with Crippen LogP contribution in [-0.2, 0) is 9.47 Å². The number of ether oxygens (including phenoxy) is 5. The lowest BCUT2D eigenvalue weighted by Gasteiger charge is -2.31. The Morgan fingerprint density at radius 2 is 1.16 bits per heavy atom. The molecule has 0 radical (unpaired) electrons. The molecule has 1 aliphatic heterocycles. The third-order valence-electron chi connectivity index (χ3n) is 8.17. The van der Waals surface area contributed by atoms with Crippen molar-refractivity contribution in [3.63, 3.8) is 0 Å². The zero-order valence-electron chi connectivity index (χ0n) is 28.8. The SMILES string of the molecule is CC(C)(C)OC(=O)Oc1ccc2c3c(ccc2c1)Oc1ccc2cc(OC(=O)OC(C)(C)C)ccc2c1C3c1ccc(-c2c#cccc2)cc1. The number of rotatable bonds is 4. The van der Waals surface area contributed by atoms with Crippen molar-refractivity contribution in [2.45, 2.75) is 58.7 Å². The van der Waals surface area contributed by atoms with Crippen molar-refractivity contribution in [1.29, 1.82) is 0 Å². The average Bonchev–Trinajstić information content (AvgIpc) is 3.05. The number of benzene rings is 5. The molecule has 0 aromatic heterocycles. The normalized spacial score (nSPS) is 12.7. The van der Waals surface area contributed by atoms with Gasteiger partial charge in [-0.3, -0.25) is 0 Å². The maximum absolute atomic E-state index is 12.5. The summed E-state index contributed by atoms with van der Waals surface area (Å²) >= 11 is 0. The molecule has 0 aliphatic carbocycles. The van der Waals surface area contributed by atoms with Gasteiger partial charge in [-0.25, -0.2) is 9.59 Å². The van der Waals surface area contributed by atoms with E-state index in [1.807, 2.05) is 66.7 Å². The van der Waals surface area contributed by atoms with Gasteiger partial charge in [-0.15, -0.1) is 0 Å². The minimum absolute atomic E-state index is 0.239. The highest BCUT2D eigenvalue weighted by molar-refractivity contribution is 5.96. The van der Waals surface area contributed by atoms with E-state index in [0.717, 1.165) is 60.9 Å². The van der Waals surface area contributed by atoms with Crippen LogP contribution in [0, 0.1) is 12.1 Å². The lowest BCUT2D eigenvalue weighted by atomic mass is 9.78.